The normalized spacial score (nSPS) is 26.9. The first-order chi connectivity index (χ1) is 7.31. The third-order valence-electron chi connectivity index (χ3n) is 2.75. The van der Waals surface area contributed by atoms with Crippen LogP contribution >= 0.6 is 11.8 Å². The van der Waals surface area contributed by atoms with Gasteiger partial charge in [0.05, 0.1) is 5.75 Å². The SMILES string of the molecule is CC1CNCC(C)N1C(=O)CSC(C)(C)C. The van der Waals surface area contributed by atoms with Crippen LogP contribution in [-0.4, -0.2) is 46.5 Å². The molecule has 1 N–H and O–H groups in total. The fourth-order valence-corrected chi connectivity index (χ4v) is 2.68. The molecule has 0 aromatic heterocycles. The van der Waals surface area contributed by atoms with Crippen molar-refractivity contribution in [2.45, 2.75) is 51.4 Å². The maximum Gasteiger partial charge on any atom is 0.233 e. The van der Waals surface area contributed by atoms with Gasteiger partial charge in [0.15, 0.2) is 0 Å². The van der Waals surface area contributed by atoms with Crippen LogP contribution in [0.5, 0.6) is 0 Å². The Balaban J connectivity index is 2.51. The van der Waals surface area contributed by atoms with Crippen LogP contribution in [0.15, 0.2) is 0 Å². The van der Waals surface area contributed by atoms with E-state index in [9.17, 15) is 4.79 Å². The molecule has 1 amide bonds. The van der Waals surface area contributed by atoms with Crippen LogP contribution in [-0.2, 0) is 4.79 Å². The van der Waals surface area contributed by atoms with Crippen molar-refractivity contribution in [1.82, 2.24) is 10.2 Å². The number of nitrogens with zero attached hydrogens (tertiary/aromatic N) is 1. The van der Waals surface area contributed by atoms with Gasteiger partial charge in [-0.05, 0) is 13.8 Å². The number of amides is 1. The highest BCUT2D eigenvalue weighted by Crippen LogP contribution is 2.24. The average molecular weight is 244 g/mol. The summed E-state index contributed by atoms with van der Waals surface area (Å²) in [5.41, 5.74) is 0. The molecule has 0 aliphatic carbocycles. The van der Waals surface area contributed by atoms with Crippen molar-refractivity contribution in [3.05, 3.63) is 0 Å². The summed E-state index contributed by atoms with van der Waals surface area (Å²) in [5.74, 6) is 0.875. The molecule has 0 bridgehead atoms. The summed E-state index contributed by atoms with van der Waals surface area (Å²) >= 11 is 1.73. The van der Waals surface area contributed by atoms with E-state index in [0.717, 1.165) is 13.1 Å². The van der Waals surface area contributed by atoms with E-state index >= 15 is 0 Å². The van der Waals surface area contributed by atoms with Crippen molar-refractivity contribution < 1.29 is 4.79 Å². The Morgan fingerprint density at radius 3 is 2.25 bits per heavy atom. The lowest BCUT2D eigenvalue weighted by molar-refractivity contribution is -0.133. The second-order valence-corrected chi connectivity index (χ2v) is 7.36. The van der Waals surface area contributed by atoms with E-state index in [1.54, 1.807) is 11.8 Å². The first kappa shape index (κ1) is 13.8. The molecule has 1 rings (SSSR count). The lowest BCUT2D eigenvalue weighted by Crippen LogP contribution is -2.57. The number of carbonyl (C=O) groups is 1. The second kappa shape index (κ2) is 5.41. The van der Waals surface area contributed by atoms with Gasteiger partial charge in [-0.25, -0.2) is 0 Å². The largest absolute Gasteiger partial charge is 0.334 e. The van der Waals surface area contributed by atoms with Gasteiger partial charge >= 0.3 is 0 Å². The topological polar surface area (TPSA) is 32.3 Å². The van der Waals surface area contributed by atoms with Gasteiger partial charge in [-0.3, -0.25) is 4.79 Å². The van der Waals surface area contributed by atoms with Gasteiger partial charge in [0, 0.05) is 29.9 Å². The number of hydrogen-bond donors (Lipinski definition) is 1. The third-order valence-corrected chi connectivity index (χ3v) is 4.00. The molecule has 0 aromatic rings. The lowest BCUT2D eigenvalue weighted by Gasteiger charge is -2.39. The molecule has 3 nitrogen and oxygen atoms in total. The first-order valence-electron chi connectivity index (χ1n) is 5.97. The smallest absolute Gasteiger partial charge is 0.233 e. The highest BCUT2D eigenvalue weighted by Gasteiger charge is 2.29. The zero-order chi connectivity index (χ0) is 12.3. The molecule has 1 saturated heterocycles. The van der Waals surface area contributed by atoms with Crippen molar-refractivity contribution >= 4 is 17.7 Å². The summed E-state index contributed by atoms with van der Waals surface area (Å²) in [6, 6.07) is 0.633. The summed E-state index contributed by atoms with van der Waals surface area (Å²) in [5, 5.41) is 3.34. The van der Waals surface area contributed by atoms with Crippen molar-refractivity contribution in [2.24, 2.45) is 0 Å². The minimum Gasteiger partial charge on any atom is -0.334 e. The van der Waals surface area contributed by atoms with Crippen LogP contribution in [0.1, 0.15) is 34.6 Å². The molecule has 0 radical (unpaired) electrons. The van der Waals surface area contributed by atoms with Gasteiger partial charge in [0.1, 0.15) is 0 Å². The quantitative estimate of drug-likeness (QED) is 0.803. The van der Waals surface area contributed by atoms with Gasteiger partial charge in [-0.1, -0.05) is 20.8 Å². The second-order valence-electron chi connectivity index (χ2n) is 5.56. The van der Waals surface area contributed by atoms with Crippen LogP contribution < -0.4 is 5.32 Å². The van der Waals surface area contributed by atoms with Crippen molar-refractivity contribution in [1.29, 1.82) is 0 Å². The standard InChI is InChI=1S/C12H24N2OS/c1-9-6-13-7-10(2)14(9)11(15)8-16-12(3,4)5/h9-10,13H,6-8H2,1-5H3. The van der Waals surface area contributed by atoms with E-state index in [1.807, 2.05) is 4.90 Å². The summed E-state index contributed by atoms with van der Waals surface area (Å²) in [6.07, 6.45) is 0. The van der Waals surface area contributed by atoms with Crippen LogP contribution in [0.25, 0.3) is 0 Å². The molecule has 2 atom stereocenters. The summed E-state index contributed by atoms with van der Waals surface area (Å²) in [7, 11) is 0. The molecular weight excluding hydrogens is 220 g/mol. The van der Waals surface area contributed by atoms with Crippen LogP contribution in [0.3, 0.4) is 0 Å². The monoisotopic (exact) mass is 244 g/mol. The molecule has 4 heteroatoms. The fourth-order valence-electron chi connectivity index (χ4n) is 1.98. The zero-order valence-corrected chi connectivity index (χ0v) is 11.9. The van der Waals surface area contributed by atoms with Crippen LogP contribution in [0.4, 0.5) is 0 Å². The van der Waals surface area contributed by atoms with Crippen molar-refractivity contribution in [2.75, 3.05) is 18.8 Å². The molecule has 0 aromatic carbocycles. The number of rotatable bonds is 2. The summed E-state index contributed by atoms with van der Waals surface area (Å²) in [6.45, 7) is 12.5. The maximum absolute atomic E-state index is 12.1. The van der Waals surface area contributed by atoms with E-state index in [-0.39, 0.29) is 10.7 Å². The number of thioether (sulfide) groups is 1. The lowest BCUT2D eigenvalue weighted by atomic mass is 10.1. The minimum atomic E-state index is 0.163. The molecule has 0 saturated carbocycles. The number of nitrogens with one attached hydrogen (secondary N) is 1. The molecular formula is C12H24N2OS. The molecule has 16 heavy (non-hydrogen) atoms. The average Bonchev–Trinajstić information content (AvgIpc) is 2.13. The zero-order valence-electron chi connectivity index (χ0n) is 11.0. The van der Waals surface area contributed by atoms with E-state index in [2.05, 4.69) is 39.9 Å². The molecule has 94 valence electrons. The molecule has 0 spiro atoms. The Labute approximate surface area is 103 Å². The van der Waals surface area contributed by atoms with E-state index in [1.165, 1.54) is 0 Å². The molecule has 1 fully saturated rings. The summed E-state index contributed by atoms with van der Waals surface area (Å²) in [4.78, 5) is 14.2. The highest BCUT2D eigenvalue weighted by atomic mass is 32.2. The first-order valence-corrected chi connectivity index (χ1v) is 6.95. The Morgan fingerprint density at radius 1 is 1.31 bits per heavy atom. The van der Waals surface area contributed by atoms with Gasteiger partial charge in [-0.2, -0.15) is 0 Å². The number of piperazine rings is 1. The third kappa shape index (κ3) is 3.98. The van der Waals surface area contributed by atoms with E-state index < -0.39 is 0 Å². The molecule has 1 aliphatic heterocycles. The predicted molar refractivity (Wildman–Crippen MR) is 70.9 cm³/mol. The summed E-state index contributed by atoms with van der Waals surface area (Å²) < 4.78 is 0.163. The fraction of sp³-hybridized carbons (Fsp3) is 0.917. The Morgan fingerprint density at radius 2 is 1.81 bits per heavy atom. The maximum atomic E-state index is 12.1. The Kier molecular flexibility index (Phi) is 4.68. The van der Waals surface area contributed by atoms with Crippen LogP contribution in [0.2, 0.25) is 0 Å². The number of carbonyl (C=O) groups excluding carboxylic acids is 1. The molecule has 1 heterocycles. The van der Waals surface area contributed by atoms with Crippen molar-refractivity contribution in [3.63, 3.8) is 0 Å². The molecule has 2 unspecified atom stereocenters. The van der Waals surface area contributed by atoms with Crippen molar-refractivity contribution in [3.8, 4) is 0 Å². The van der Waals surface area contributed by atoms with Gasteiger partial charge in [0.25, 0.3) is 0 Å². The van der Waals surface area contributed by atoms with E-state index in [0.29, 0.717) is 17.8 Å². The van der Waals surface area contributed by atoms with Gasteiger partial charge in [0.2, 0.25) is 5.91 Å². The molecule has 1 aliphatic rings. The minimum absolute atomic E-state index is 0.163. The Hall–Kier alpha value is -0.220. The van der Waals surface area contributed by atoms with Crippen LogP contribution in [0, 0.1) is 0 Å². The highest BCUT2D eigenvalue weighted by molar-refractivity contribution is 8.01. The van der Waals surface area contributed by atoms with Gasteiger partial charge in [-0.15, -0.1) is 11.8 Å². The Bertz CT molecular complexity index is 240. The number of hydrogen-bond acceptors (Lipinski definition) is 3. The predicted octanol–water partition coefficient (Wildman–Crippen LogP) is 1.73. The van der Waals surface area contributed by atoms with E-state index in [4.69, 9.17) is 0 Å². The van der Waals surface area contributed by atoms with Gasteiger partial charge < -0.3 is 10.2 Å².